The van der Waals surface area contributed by atoms with Crippen LogP contribution in [-0.2, 0) is 11.3 Å². The third-order valence-electron chi connectivity index (χ3n) is 3.47. The van der Waals surface area contributed by atoms with Crippen LogP contribution in [0.2, 0.25) is 0 Å². The molecule has 27 heavy (non-hydrogen) atoms. The van der Waals surface area contributed by atoms with E-state index in [0.29, 0.717) is 0 Å². The molecule has 0 aliphatic carbocycles. The summed E-state index contributed by atoms with van der Waals surface area (Å²) in [6.07, 6.45) is -7.20. The molecule has 0 spiro atoms. The fraction of sp³-hybridized carbons (Fsp3) is 0.714. The van der Waals surface area contributed by atoms with Gasteiger partial charge in [0, 0.05) is 11.1 Å². The number of hydrogen-bond donors (Lipinski definition) is 0. The van der Waals surface area contributed by atoms with Crippen LogP contribution in [-0.4, -0.2) is 33.9 Å². The topological polar surface area (TPSA) is 25.8 Å². The van der Waals surface area contributed by atoms with E-state index in [2.05, 4.69) is 9.97 Å². The van der Waals surface area contributed by atoms with Crippen molar-refractivity contribution < 1.29 is 48.3 Å². The summed E-state index contributed by atoms with van der Waals surface area (Å²) in [6.45, 7) is 5.05. The van der Waals surface area contributed by atoms with Crippen LogP contribution < -0.4 is 0 Å². The largest absolute Gasteiger partial charge is 0.460 e. The van der Waals surface area contributed by atoms with Crippen LogP contribution in [0.3, 0.4) is 0 Å². The minimum Gasteiger partial charge on any atom is -0.238 e. The van der Waals surface area contributed by atoms with Gasteiger partial charge in [-0.05, 0) is 13.0 Å². The van der Waals surface area contributed by atoms with Gasteiger partial charge >= 0.3 is 29.9 Å². The number of nitrogens with zero attached hydrogens (tertiary/aromatic N) is 2. The van der Waals surface area contributed by atoms with Gasteiger partial charge in [0.1, 0.15) is 11.5 Å². The van der Waals surface area contributed by atoms with E-state index in [-0.39, 0.29) is 11.8 Å². The molecule has 1 heterocycles. The molecule has 1 rings (SSSR count). The van der Waals surface area contributed by atoms with Crippen LogP contribution in [0.25, 0.3) is 0 Å². The van der Waals surface area contributed by atoms with Gasteiger partial charge in [-0.25, -0.2) is 9.97 Å². The van der Waals surface area contributed by atoms with Gasteiger partial charge in [-0.1, -0.05) is 20.8 Å². The fourth-order valence-electron chi connectivity index (χ4n) is 1.85. The van der Waals surface area contributed by atoms with Gasteiger partial charge in [0.15, 0.2) is 0 Å². The van der Waals surface area contributed by atoms with Gasteiger partial charge in [-0.2, -0.15) is 48.3 Å². The Labute approximate surface area is 145 Å². The number of rotatable bonds is 4. The second-order valence-electron chi connectivity index (χ2n) is 6.73. The van der Waals surface area contributed by atoms with Crippen molar-refractivity contribution in [2.75, 3.05) is 0 Å². The molecule has 0 aliphatic heterocycles. The van der Waals surface area contributed by atoms with Crippen molar-refractivity contribution in [3.63, 3.8) is 0 Å². The summed E-state index contributed by atoms with van der Waals surface area (Å²) in [5, 5.41) is 0. The van der Waals surface area contributed by atoms with E-state index >= 15 is 0 Å². The lowest BCUT2D eigenvalue weighted by molar-refractivity contribution is -0.425. The van der Waals surface area contributed by atoms with Crippen LogP contribution in [0.5, 0.6) is 0 Å². The molecular formula is C14H13F11N2. The minimum atomic E-state index is -7.47. The molecule has 13 heteroatoms. The molecule has 0 saturated heterocycles. The zero-order valence-corrected chi connectivity index (χ0v) is 14.1. The highest BCUT2D eigenvalue weighted by atomic mass is 19.4. The van der Waals surface area contributed by atoms with Crippen molar-refractivity contribution >= 4 is 0 Å². The Morgan fingerprint density at radius 3 is 1.41 bits per heavy atom. The number of aromatic nitrogens is 2. The first-order valence-electron chi connectivity index (χ1n) is 7.05. The molecular weight excluding hydrogens is 405 g/mol. The van der Waals surface area contributed by atoms with Gasteiger partial charge in [0.2, 0.25) is 0 Å². The van der Waals surface area contributed by atoms with Crippen LogP contribution in [0.1, 0.15) is 38.0 Å². The maximum absolute atomic E-state index is 14.1. The Balaban J connectivity index is 3.65. The maximum atomic E-state index is 14.1. The first-order valence-corrected chi connectivity index (χ1v) is 7.05. The standard InChI is InChI=1S/C14H13F11N2/c1-6-26-7(9(2,3)4)5-8(27-6)10(15,16)11(17,18)12(19,20)13(21,22)14(23,24)25/h5H,1-4H3. The fourth-order valence-corrected chi connectivity index (χ4v) is 1.85. The molecule has 0 saturated carbocycles. The van der Waals surface area contributed by atoms with Crippen LogP contribution in [0.15, 0.2) is 6.07 Å². The monoisotopic (exact) mass is 418 g/mol. The maximum Gasteiger partial charge on any atom is 0.460 e. The third kappa shape index (κ3) is 3.56. The lowest BCUT2D eigenvalue weighted by Crippen LogP contribution is -2.65. The smallest absolute Gasteiger partial charge is 0.238 e. The summed E-state index contributed by atoms with van der Waals surface area (Å²) in [7, 11) is 0. The van der Waals surface area contributed by atoms with Crippen molar-refractivity contribution in [2.24, 2.45) is 0 Å². The Morgan fingerprint density at radius 2 is 1.04 bits per heavy atom. The molecule has 0 amide bonds. The highest BCUT2D eigenvalue weighted by Gasteiger charge is 2.87. The summed E-state index contributed by atoms with van der Waals surface area (Å²) < 4.78 is 144. The van der Waals surface area contributed by atoms with Crippen molar-refractivity contribution in [1.82, 2.24) is 9.97 Å². The van der Waals surface area contributed by atoms with Crippen LogP contribution in [0.4, 0.5) is 48.3 Å². The molecule has 0 radical (unpaired) electrons. The predicted molar refractivity (Wildman–Crippen MR) is 70.3 cm³/mol. The molecule has 2 nitrogen and oxygen atoms in total. The average Bonchev–Trinajstić information content (AvgIpc) is 2.43. The number of halogens is 11. The third-order valence-corrected chi connectivity index (χ3v) is 3.47. The van der Waals surface area contributed by atoms with E-state index < -0.39 is 46.8 Å². The molecule has 156 valence electrons. The summed E-state index contributed by atoms with van der Waals surface area (Å²) in [5.74, 6) is -28.8. The molecule has 0 atom stereocenters. The first-order chi connectivity index (χ1) is 11.6. The number of hydrogen-bond acceptors (Lipinski definition) is 2. The second-order valence-corrected chi connectivity index (χ2v) is 6.73. The lowest BCUT2D eigenvalue weighted by Gasteiger charge is -2.37. The van der Waals surface area contributed by atoms with E-state index in [1.807, 2.05) is 0 Å². The van der Waals surface area contributed by atoms with Gasteiger partial charge in [-0.3, -0.25) is 0 Å². The van der Waals surface area contributed by atoms with E-state index in [1.165, 1.54) is 20.8 Å². The van der Waals surface area contributed by atoms with Crippen molar-refractivity contribution in [1.29, 1.82) is 0 Å². The molecule has 0 fully saturated rings. The van der Waals surface area contributed by atoms with E-state index in [4.69, 9.17) is 0 Å². The molecule has 0 aliphatic rings. The normalized spacial score (nSPS) is 15.2. The zero-order chi connectivity index (χ0) is 21.9. The summed E-state index contributed by atoms with van der Waals surface area (Å²) in [5.41, 5.74) is -3.53. The highest BCUT2D eigenvalue weighted by Crippen LogP contribution is 2.59. The quantitative estimate of drug-likeness (QED) is 0.592. The minimum absolute atomic E-state index is 0.155. The number of alkyl halides is 11. The Morgan fingerprint density at radius 1 is 0.630 bits per heavy atom. The van der Waals surface area contributed by atoms with Crippen LogP contribution >= 0.6 is 0 Å². The van der Waals surface area contributed by atoms with Gasteiger partial charge in [0.25, 0.3) is 0 Å². The van der Waals surface area contributed by atoms with E-state index in [0.717, 1.165) is 6.92 Å². The molecule has 0 unspecified atom stereocenters. The molecule has 0 aromatic carbocycles. The van der Waals surface area contributed by atoms with Crippen molar-refractivity contribution in [2.45, 2.75) is 63.0 Å². The predicted octanol–water partition coefficient (Wildman–Crippen LogP) is 5.64. The summed E-state index contributed by atoms with van der Waals surface area (Å²) >= 11 is 0. The lowest BCUT2D eigenvalue weighted by atomic mass is 9.89. The molecule has 0 bridgehead atoms. The SMILES string of the molecule is Cc1nc(C(C)(C)C)cc(C(F)(F)C(F)(F)C(F)(F)C(F)(F)C(F)(F)F)n1. The number of aryl methyl sites for hydroxylation is 1. The molecule has 1 aromatic rings. The van der Waals surface area contributed by atoms with Crippen molar-refractivity contribution in [3.05, 3.63) is 23.3 Å². The van der Waals surface area contributed by atoms with Crippen molar-refractivity contribution in [3.8, 4) is 0 Å². The molecule has 0 N–H and O–H groups in total. The Bertz CT molecular complexity index is 702. The second kappa shape index (κ2) is 6.16. The van der Waals surface area contributed by atoms with Crippen LogP contribution in [0, 0.1) is 6.92 Å². The van der Waals surface area contributed by atoms with Gasteiger partial charge < -0.3 is 0 Å². The van der Waals surface area contributed by atoms with Gasteiger partial charge in [-0.15, -0.1) is 0 Å². The van der Waals surface area contributed by atoms with E-state index in [9.17, 15) is 48.3 Å². The first kappa shape index (κ1) is 23.3. The zero-order valence-electron chi connectivity index (χ0n) is 14.1. The van der Waals surface area contributed by atoms with Gasteiger partial charge in [0.05, 0.1) is 0 Å². The highest BCUT2D eigenvalue weighted by molar-refractivity contribution is 5.24. The Kier molecular flexibility index (Phi) is 5.33. The average molecular weight is 418 g/mol. The Hall–Kier alpha value is -1.69. The summed E-state index contributed by atoms with van der Waals surface area (Å²) in [4.78, 5) is 6.49. The molecule has 1 aromatic heterocycles. The summed E-state index contributed by atoms with van der Waals surface area (Å²) in [6, 6.07) is 0.155. The van der Waals surface area contributed by atoms with E-state index in [1.54, 1.807) is 0 Å².